The summed E-state index contributed by atoms with van der Waals surface area (Å²) in [6.07, 6.45) is 5.94. The van der Waals surface area contributed by atoms with Gasteiger partial charge in [0.15, 0.2) is 5.78 Å². The maximum atomic E-state index is 11.5. The Kier molecular flexibility index (Phi) is 4.28. The second-order valence-corrected chi connectivity index (χ2v) is 3.59. The number of allylic oxidation sites excluding steroid dienone is 2. The standard InChI is InChI=1S/C12H16O3/c1-3-4-8-12(15-9(2)13)10-6-5-7-11(10)14/h3,6,12H,1,4-5,7-8H2,2H3. The van der Waals surface area contributed by atoms with E-state index in [0.717, 1.165) is 12.8 Å². The number of ether oxygens (including phenoxy) is 1. The lowest BCUT2D eigenvalue weighted by Crippen LogP contribution is -2.21. The molecule has 1 unspecified atom stereocenters. The van der Waals surface area contributed by atoms with E-state index in [-0.39, 0.29) is 17.9 Å². The average molecular weight is 208 g/mol. The normalized spacial score (nSPS) is 17.1. The van der Waals surface area contributed by atoms with Crippen molar-refractivity contribution in [2.45, 2.75) is 38.7 Å². The Morgan fingerprint density at radius 3 is 2.93 bits per heavy atom. The second kappa shape index (κ2) is 5.49. The van der Waals surface area contributed by atoms with E-state index in [9.17, 15) is 9.59 Å². The van der Waals surface area contributed by atoms with Crippen LogP contribution in [-0.2, 0) is 14.3 Å². The van der Waals surface area contributed by atoms with Gasteiger partial charge in [0, 0.05) is 18.9 Å². The van der Waals surface area contributed by atoms with Crippen LogP contribution < -0.4 is 0 Å². The van der Waals surface area contributed by atoms with Gasteiger partial charge in [0.25, 0.3) is 0 Å². The highest BCUT2D eigenvalue weighted by atomic mass is 16.5. The van der Waals surface area contributed by atoms with Gasteiger partial charge in [-0.2, -0.15) is 0 Å². The summed E-state index contributed by atoms with van der Waals surface area (Å²) in [5.41, 5.74) is 0.659. The minimum atomic E-state index is -0.379. The number of ketones is 1. The summed E-state index contributed by atoms with van der Waals surface area (Å²) in [4.78, 5) is 22.4. The van der Waals surface area contributed by atoms with E-state index in [2.05, 4.69) is 6.58 Å². The molecule has 0 aromatic heterocycles. The highest BCUT2D eigenvalue weighted by Gasteiger charge is 2.25. The summed E-state index contributed by atoms with van der Waals surface area (Å²) >= 11 is 0. The fraction of sp³-hybridized carbons (Fsp3) is 0.500. The van der Waals surface area contributed by atoms with Gasteiger partial charge < -0.3 is 4.74 Å². The van der Waals surface area contributed by atoms with Crippen LogP contribution in [0.1, 0.15) is 32.6 Å². The molecule has 0 heterocycles. The van der Waals surface area contributed by atoms with E-state index < -0.39 is 0 Å². The van der Waals surface area contributed by atoms with Crippen molar-refractivity contribution in [3.05, 3.63) is 24.3 Å². The van der Waals surface area contributed by atoms with Gasteiger partial charge in [-0.1, -0.05) is 12.2 Å². The first-order valence-corrected chi connectivity index (χ1v) is 5.16. The summed E-state index contributed by atoms with van der Waals surface area (Å²) in [6.45, 7) is 4.97. The maximum absolute atomic E-state index is 11.5. The number of Topliss-reactive ketones (excluding diaryl/α,β-unsaturated/α-hetero) is 1. The smallest absolute Gasteiger partial charge is 0.303 e. The van der Waals surface area contributed by atoms with Crippen LogP contribution in [-0.4, -0.2) is 17.9 Å². The SMILES string of the molecule is C=CCCC(OC(C)=O)C1=CCCC1=O. The highest BCUT2D eigenvalue weighted by Crippen LogP contribution is 2.22. The van der Waals surface area contributed by atoms with Gasteiger partial charge in [-0.15, -0.1) is 6.58 Å². The molecule has 3 nitrogen and oxygen atoms in total. The number of hydrogen-bond acceptors (Lipinski definition) is 3. The zero-order valence-corrected chi connectivity index (χ0v) is 8.99. The third-order valence-electron chi connectivity index (χ3n) is 2.35. The number of hydrogen-bond donors (Lipinski definition) is 0. The van der Waals surface area contributed by atoms with Crippen molar-refractivity contribution >= 4 is 11.8 Å². The van der Waals surface area contributed by atoms with Gasteiger partial charge in [0.05, 0.1) is 0 Å². The van der Waals surface area contributed by atoms with Gasteiger partial charge in [0.1, 0.15) is 6.10 Å². The van der Waals surface area contributed by atoms with Crippen molar-refractivity contribution in [3.63, 3.8) is 0 Å². The van der Waals surface area contributed by atoms with E-state index in [1.54, 1.807) is 6.08 Å². The first kappa shape index (κ1) is 11.7. The second-order valence-electron chi connectivity index (χ2n) is 3.59. The topological polar surface area (TPSA) is 43.4 Å². The molecule has 15 heavy (non-hydrogen) atoms. The molecule has 0 aliphatic heterocycles. The van der Waals surface area contributed by atoms with Crippen LogP contribution in [0.25, 0.3) is 0 Å². The van der Waals surface area contributed by atoms with Crippen molar-refractivity contribution in [1.29, 1.82) is 0 Å². The molecular weight excluding hydrogens is 192 g/mol. The van der Waals surface area contributed by atoms with Gasteiger partial charge >= 0.3 is 5.97 Å². The van der Waals surface area contributed by atoms with Crippen molar-refractivity contribution in [2.75, 3.05) is 0 Å². The Balaban J connectivity index is 2.66. The molecule has 1 rings (SSSR count). The summed E-state index contributed by atoms with van der Waals surface area (Å²) in [5, 5.41) is 0. The fourth-order valence-corrected chi connectivity index (χ4v) is 1.68. The van der Waals surface area contributed by atoms with Crippen LogP contribution in [0, 0.1) is 0 Å². The third kappa shape index (κ3) is 3.35. The molecule has 1 aliphatic rings. The quantitative estimate of drug-likeness (QED) is 0.513. The number of esters is 1. The summed E-state index contributed by atoms with van der Waals surface area (Å²) in [6, 6.07) is 0. The lowest BCUT2D eigenvalue weighted by molar-refractivity contribution is -0.145. The lowest BCUT2D eigenvalue weighted by atomic mass is 10.0. The average Bonchev–Trinajstić information content (AvgIpc) is 2.58. The van der Waals surface area contributed by atoms with Crippen LogP contribution in [0.2, 0.25) is 0 Å². The van der Waals surface area contributed by atoms with E-state index in [1.165, 1.54) is 6.92 Å². The van der Waals surface area contributed by atoms with Crippen molar-refractivity contribution in [1.82, 2.24) is 0 Å². The molecule has 3 heteroatoms. The summed E-state index contributed by atoms with van der Waals surface area (Å²) in [5.74, 6) is -0.241. The molecule has 1 aliphatic carbocycles. The summed E-state index contributed by atoms with van der Waals surface area (Å²) in [7, 11) is 0. The van der Waals surface area contributed by atoms with Crippen LogP contribution in [0.15, 0.2) is 24.3 Å². The Bertz CT molecular complexity index is 302. The molecule has 0 aromatic rings. The zero-order valence-electron chi connectivity index (χ0n) is 8.99. The van der Waals surface area contributed by atoms with Crippen LogP contribution >= 0.6 is 0 Å². The Morgan fingerprint density at radius 1 is 1.73 bits per heavy atom. The molecule has 0 bridgehead atoms. The lowest BCUT2D eigenvalue weighted by Gasteiger charge is -2.16. The number of carbonyl (C=O) groups excluding carboxylic acids is 2. The molecule has 0 amide bonds. The van der Waals surface area contributed by atoms with E-state index in [0.29, 0.717) is 18.4 Å². The predicted octanol–water partition coefficient (Wildman–Crippen LogP) is 2.17. The zero-order chi connectivity index (χ0) is 11.3. The highest BCUT2D eigenvalue weighted by molar-refractivity contribution is 5.98. The molecule has 0 saturated carbocycles. The molecule has 0 N–H and O–H groups in total. The molecule has 0 radical (unpaired) electrons. The van der Waals surface area contributed by atoms with E-state index in [1.807, 2.05) is 6.08 Å². The summed E-state index contributed by atoms with van der Waals surface area (Å²) < 4.78 is 5.13. The Hall–Kier alpha value is -1.38. The molecule has 0 aromatic carbocycles. The Labute approximate surface area is 89.8 Å². The van der Waals surface area contributed by atoms with Gasteiger partial charge in [0.2, 0.25) is 0 Å². The fourth-order valence-electron chi connectivity index (χ4n) is 1.68. The van der Waals surface area contributed by atoms with Gasteiger partial charge in [-0.25, -0.2) is 0 Å². The van der Waals surface area contributed by atoms with E-state index >= 15 is 0 Å². The van der Waals surface area contributed by atoms with Crippen molar-refractivity contribution in [3.8, 4) is 0 Å². The molecule has 1 atom stereocenters. The van der Waals surface area contributed by atoms with Crippen molar-refractivity contribution < 1.29 is 14.3 Å². The monoisotopic (exact) mass is 208 g/mol. The minimum absolute atomic E-state index is 0.102. The molecule has 0 saturated heterocycles. The molecular formula is C12H16O3. The van der Waals surface area contributed by atoms with Crippen LogP contribution in [0.5, 0.6) is 0 Å². The van der Waals surface area contributed by atoms with Gasteiger partial charge in [-0.05, 0) is 19.3 Å². The molecule has 82 valence electrons. The van der Waals surface area contributed by atoms with Gasteiger partial charge in [-0.3, -0.25) is 9.59 Å². The largest absolute Gasteiger partial charge is 0.458 e. The molecule has 0 fully saturated rings. The first-order chi connectivity index (χ1) is 7.15. The predicted molar refractivity (Wildman–Crippen MR) is 57.3 cm³/mol. The van der Waals surface area contributed by atoms with E-state index in [4.69, 9.17) is 4.74 Å². The third-order valence-corrected chi connectivity index (χ3v) is 2.35. The first-order valence-electron chi connectivity index (χ1n) is 5.16. The molecule has 0 spiro atoms. The van der Waals surface area contributed by atoms with Crippen molar-refractivity contribution in [2.24, 2.45) is 0 Å². The van der Waals surface area contributed by atoms with Crippen LogP contribution in [0.3, 0.4) is 0 Å². The minimum Gasteiger partial charge on any atom is -0.458 e. The van der Waals surface area contributed by atoms with Crippen LogP contribution in [0.4, 0.5) is 0 Å². The maximum Gasteiger partial charge on any atom is 0.303 e. The number of rotatable bonds is 5. The number of carbonyl (C=O) groups is 2. The Morgan fingerprint density at radius 2 is 2.47 bits per heavy atom.